The molecular formula is C22H24N4O3. The molecule has 0 fully saturated rings. The van der Waals surface area contributed by atoms with Gasteiger partial charge < -0.3 is 4.74 Å². The molecule has 29 heavy (non-hydrogen) atoms. The molecule has 0 bridgehead atoms. The maximum absolute atomic E-state index is 13.1. The zero-order valence-electron chi connectivity index (χ0n) is 16.6. The average molecular weight is 392 g/mol. The number of benzene rings is 1. The zero-order chi connectivity index (χ0) is 20.4. The molecule has 4 rings (SSSR count). The first-order valence-electron chi connectivity index (χ1n) is 9.69. The molecule has 0 amide bonds. The van der Waals surface area contributed by atoms with Crippen LogP contribution < -0.4 is 5.56 Å². The summed E-state index contributed by atoms with van der Waals surface area (Å²) in [5.41, 5.74) is 3.04. The lowest BCUT2D eigenvalue weighted by molar-refractivity contribution is 0.0600. The summed E-state index contributed by atoms with van der Waals surface area (Å²) < 4.78 is 6.20. The van der Waals surface area contributed by atoms with Gasteiger partial charge in [-0.1, -0.05) is 30.3 Å². The van der Waals surface area contributed by atoms with Crippen LogP contribution in [0.5, 0.6) is 0 Å². The molecule has 0 saturated heterocycles. The SMILES string of the molecule is COC(=O)c1cccnc1-n1[nH]c2c(c1=O)CC(N(C)Cc1ccccc1)CC2. The van der Waals surface area contributed by atoms with Crippen LogP contribution in [0.2, 0.25) is 0 Å². The van der Waals surface area contributed by atoms with Crippen LogP contribution in [0.15, 0.2) is 53.5 Å². The molecular weight excluding hydrogens is 368 g/mol. The van der Waals surface area contributed by atoms with Gasteiger partial charge >= 0.3 is 5.97 Å². The van der Waals surface area contributed by atoms with Crippen molar-refractivity contribution in [2.45, 2.75) is 31.8 Å². The van der Waals surface area contributed by atoms with E-state index in [1.165, 1.54) is 17.4 Å². The molecule has 1 N–H and O–H groups in total. The van der Waals surface area contributed by atoms with E-state index in [0.717, 1.165) is 30.6 Å². The van der Waals surface area contributed by atoms with Crippen LogP contribution in [0, 0.1) is 0 Å². The Bertz CT molecular complexity index is 1070. The van der Waals surface area contributed by atoms with Crippen molar-refractivity contribution in [2.24, 2.45) is 0 Å². The van der Waals surface area contributed by atoms with Crippen LogP contribution in [0.25, 0.3) is 5.82 Å². The number of aryl methyl sites for hydroxylation is 1. The highest BCUT2D eigenvalue weighted by molar-refractivity contribution is 5.92. The van der Waals surface area contributed by atoms with Gasteiger partial charge in [0.2, 0.25) is 0 Å². The molecule has 1 aromatic carbocycles. The predicted octanol–water partition coefficient (Wildman–Crippen LogP) is 2.34. The van der Waals surface area contributed by atoms with Crippen molar-refractivity contribution in [1.29, 1.82) is 0 Å². The first kappa shape index (κ1) is 19.1. The largest absolute Gasteiger partial charge is 0.465 e. The van der Waals surface area contributed by atoms with Gasteiger partial charge in [-0.05, 0) is 44.0 Å². The number of carbonyl (C=O) groups is 1. The summed E-state index contributed by atoms with van der Waals surface area (Å²) in [6.07, 6.45) is 3.97. The van der Waals surface area contributed by atoms with Gasteiger partial charge in [-0.2, -0.15) is 0 Å². The summed E-state index contributed by atoms with van der Waals surface area (Å²) >= 11 is 0. The number of hydrogen-bond donors (Lipinski definition) is 1. The Morgan fingerprint density at radius 2 is 2.07 bits per heavy atom. The van der Waals surface area contributed by atoms with Crippen molar-refractivity contribution in [3.63, 3.8) is 0 Å². The van der Waals surface area contributed by atoms with Gasteiger partial charge in [0.05, 0.1) is 7.11 Å². The van der Waals surface area contributed by atoms with E-state index in [2.05, 4.69) is 34.2 Å². The van der Waals surface area contributed by atoms with E-state index >= 15 is 0 Å². The second-order valence-corrected chi connectivity index (χ2v) is 7.37. The van der Waals surface area contributed by atoms with Crippen molar-refractivity contribution in [3.8, 4) is 5.82 Å². The van der Waals surface area contributed by atoms with Crippen molar-refractivity contribution in [3.05, 3.63) is 81.4 Å². The molecule has 0 radical (unpaired) electrons. The van der Waals surface area contributed by atoms with E-state index in [0.29, 0.717) is 6.42 Å². The van der Waals surface area contributed by atoms with Crippen LogP contribution in [0.4, 0.5) is 0 Å². The highest BCUT2D eigenvalue weighted by atomic mass is 16.5. The van der Waals surface area contributed by atoms with E-state index in [1.54, 1.807) is 18.3 Å². The van der Waals surface area contributed by atoms with E-state index in [-0.39, 0.29) is 23.0 Å². The normalized spacial score (nSPS) is 15.9. The summed E-state index contributed by atoms with van der Waals surface area (Å²) in [5, 5.41) is 3.16. The number of nitrogens with zero attached hydrogens (tertiary/aromatic N) is 3. The predicted molar refractivity (Wildman–Crippen MR) is 109 cm³/mol. The Balaban J connectivity index is 1.61. The second kappa shape index (κ2) is 8.05. The van der Waals surface area contributed by atoms with Gasteiger partial charge in [0.1, 0.15) is 5.56 Å². The highest BCUT2D eigenvalue weighted by Crippen LogP contribution is 2.23. The lowest BCUT2D eigenvalue weighted by Crippen LogP contribution is -2.37. The fourth-order valence-electron chi connectivity index (χ4n) is 3.95. The number of nitrogens with one attached hydrogen (secondary N) is 1. The van der Waals surface area contributed by atoms with Gasteiger partial charge in [-0.15, -0.1) is 0 Å². The smallest absolute Gasteiger partial charge is 0.341 e. The molecule has 1 aliphatic carbocycles. The van der Waals surface area contributed by atoms with Gasteiger partial charge in [-0.3, -0.25) is 14.8 Å². The first-order valence-corrected chi connectivity index (χ1v) is 9.69. The maximum Gasteiger partial charge on any atom is 0.341 e. The van der Waals surface area contributed by atoms with E-state index in [4.69, 9.17) is 4.74 Å². The van der Waals surface area contributed by atoms with Crippen molar-refractivity contribution < 1.29 is 9.53 Å². The molecule has 7 heteroatoms. The Labute approximate surface area is 168 Å². The molecule has 0 spiro atoms. The van der Waals surface area contributed by atoms with Crippen molar-refractivity contribution in [2.75, 3.05) is 14.2 Å². The zero-order valence-corrected chi connectivity index (χ0v) is 16.6. The van der Waals surface area contributed by atoms with Crippen LogP contribution in [0.1, 0.15) is 33.6 Å². The number of hydrogen-bond acceptors (Lipinski definition) is 5. The monoisotopic (exact) mass is 392 g/mol. The van der Waals surface area contributed by atoms with Crippen molar-refractivity contribution >= 4 is 5.97 Å². The lowest BCUT2D eigenvalue weighted by Gasteiger charge is -2.30. The van der Waals surface area contributed by atoms with Gasteiger partial charge in [-0.25, -0.2) is 14.5 Å². The summed E-state index contributed by atoms with van der Waals surface area (Å²) in [4.78, 5) is 31.8. The third-order valence-corrected chi connectivity index (χ3v) is 5.54. The Kier molecular flexibility index (Phi) is 5.31. The number of carbonyl (C=O) groups excluding carboxylic acids is 1. The molecule has 1 unspecified atom stereocenters. The molecule has 3 aromatic rings. The quantitative estimate of drug-likeness (QED) is 0.674. The third-order valence-electron chi connectivity index (χ3n) is 5.54. The fraction of sp³-hybridized carbons (Fsp3) is 0.318. The minimum atomic E-state index is -0.520. The molecule has 1 atom stereocenters. The van der Waals surface area contributed by atoms with Crippen LogP contribution in [0.3, 0.4) is 0 Å². The number of ether oxygens (including phenoxy) is 1. The molecule has 2 heterocycles. The lowest BCUT2D eigenvalue weighted by atomic mass is 9.92. The Morgan fingerprint density at radius 1 is 1.28 bits per heavy atom. The molecule has 0 aliphatic heterocycles. The first-order chi connectivity index (χ1) is 14.1. The number of rotatable bonds is 5. The summed E-state index contributed by atoms with van der Waals surface area (Å²) in [6.45, 7) is 0.839. The summed E-state index contributed by atoms with van der Waals surface area (Å²) in [6, 6.07) is 13.9. The van der Waals surface area contributed by atoms with Gasteiger partial charge in [0.15, 0.2) is 5.82 Å². The van der Waals surface area contributed by atoms with E-state index < -0.39 is 5.97 Å². The number of esters is 1. The standard InChI is InChI=1S/C22H24N4O3/c1-25(14-15-7-4-3-5-8-15)16-10-11-19-18(13-16)21(27)26(24-19)20-17(22(28)29-2)9-6-12-23-20/h3-9,12,16,24H,10-11,13-14H2,1-2H3. The molecule has 150 valence electrons. The topological polar surface area (TPSA) is 80.2 Å². The van der Waals surface area contributed by atoms with E-state index in [9.17, 15) is 9.59 Å². The Hall–Kier alpha value is -3.19. The third kappa shape index (κ3) is 3.73. The van der Waals surface area contributed by atoms with Crippen LogP contribution in [-0.4, -0.2) is 45.8 Å². The fourth-order valence-corrected chi connectivity index (χ4v) is 3.95. The van der Waals surface area contributed by atoms with E-state index in [1.807, 2.05) is 18.2 Å². The molecule has 7 nitrogen and oxygen atoms in total. The van der Waals surface area contributed by atoms with Crippen LogP contribution >= 0.6 is 0 Å². The molecule has 2 aromatic heterocycles. The highest BCUT2D eigenvalue weighted by Gasteiger charge is 2.28. The number of H-pyrrole nitrogens is 1. The number of aromatic amines is 1. The van der Waals surface area contributed by atoms with Gasteiger partial charge in [0, 0.05) is 30.0 Å². The maximum atomic E-state index is 13.1. The molecule has 1 aliphatic rings. The van der Waals surface area contributed by atoms with Crippen molar-refractivity contribution in [1.82, 2.24) is 19.7 Å². The minimum Gasteiger partial charge on any atom is -0.465 e. The number of pyridine rings is 1. The number of methoxy groups -OCH3 is 1. The second-order valence-electron chi connectivity index (χ2n) is 7.37. The van der Waals surface area contributed by atoms with Gasteiger partial charge in [0.25, 0.3) is 5.56 Å². The number of fused-ring (bicyclic) bond motifs is 1. The number of likely N-dealkylation sites (N-methyl/N-ethyl adjacent to an activating group) is 1. The minimum absolute atomic E-state index is 0.151. The summed E-state index contributed by atoms with van der Waals surface area (Å²) in [7, 11) is 3.41. The van der Waals surface area contributed by atoms with Crippen LogP contribution in [-0.2, 0) is 24.1 Å². The summed E-state index contributed by atoms with van der Waals surface area (Å²) in [5.74, 6) is -0.249. The average Bonchev–Trinajstić information content (AvgIpc) is 3.09. The Morgan fingerprint density at radius 3 is 2.83 bits per heavy atom. The number of aromatic nitrogens is 3. The molecule has 0 saturated carbocycles.